The van der Waals surface area contributed by atoms with Crippen molar-refractivity contribution in [3.8, 4) is 11.5 Å². The second-order valence-electron chi connectivity index (χ2n) is 5.56. The summed E-state index contributed by atoms with van der Waals surface area (Å²) in [5.41, 5.74) is 0.723. The molecule has 144 valence electrons. The van der Waals surface area contributed by atoms with Crippen molar-refractivity contribution >= 4 is 31.6 Å². The van der Waals surface area contributed by atoms with Gasteiger partial charge in [-0.1, -0.05) is 29.5 Å². The number of aromatic nitrogens is 1. The summed E-state index contributed by atoms with van der Waals surface area (Å²) in [5.74, 6) is 1.23. The molecule has 0 amide bonds. The van der Waals surface area contributed by atoms with E-state index in [0.29, 0.717) is 29.5 Å². The summed E-state index contributed by atoms with van der Waals surface area (Å²) < 4.78 is 48.2. The van der Waals surface area contributed by atoms with Gasteiger partial charge in [-0.3, -0.25) is 0 Å². The highest BCUT2D eigenvalue weighted by Gasteiger charge is 2.18. The van der Waals surface area contributed by atoms with Gasteiger partial charge in [-0.25, -0.2) is 0 Å². The summed E-state index contributed by atoms with van der Waals surface area (Å²) in [6.45, 7) is 0.813. The highest BCUT2D eigenvalue weighted by molar-refractivity contribution is 7.90. The molecule has 0 bridgehead atoms. The highest BCUT2D eigenvalue weighted by Crippen LogP contribution is 2.35. The summed E-state index contributed by atoms with van der Waals surface area (Å²) in [6, 6.07) is 11.7. The zero-order valence-electron chi connectivity index (χ0n) is 15.2. The molecule has 0 radical (unpaired) electrons. The van der Waals surface area contributed by atoms with Gasteiger partial charge in [0.25, 0.3) is 10.0 Å². The topological polar surface area (TPSA) is 79.1 Å². The highest BCUT2D eigenvalue weighted by atomic mass is 32.2. The van der Waals surface area contributed by atoms with Crippen molar-refractivity contribution < 1.29 is 22.6 Å². The van der Waals surface area contributed by atoms with Gasteiger partial charge in [-0.15, -0.1) is 4.40 Å². The van der Waals surface area contributed by atoms with E-state index in [9.17, 15) is 8.42 Å². The molecule has 2 aromatic carbocycles. The first-order valence-electron chi connectivity index (χ1n) is 8.11. The smallest absolute Gasteiger partial charge is 0.285 e. The Bertz CT molecular complexity index is 1100. The molecule has 0 N–H and O–H groups in total. The Balaban J connectivity index is 2.32. The van der Waals surface area contributed by atoms with Crippen LogP contribution in [0.4, 0.5) is 0 Å². The van der Waals surface area contributed by atoms with Gasteiger partial charge in [0.15, 0.2) is 0 Å². The Morgan fingerprint density at radius 2 is 1.67 bits per heavy atom. The molecule has 1 heterocycles. The van der Waals surface area contributed by atoms with Crippen LogP contribution in [0, 0.1) is 0 Å². The van der Waals surface area contributed by atoms with Crippen molar-refractivity contribution in [2.45, 2.75) is 11.4 Å². The molecular formula is C18H20N2O5S2. The molecule has 7 nitrogen and oxygen atoms in total. The van der Waals surface area contributed by atoms with Gasteiger partial charge in [0.2, 0.25) is 4.80 Å². The average Bonchev–Trinajstić information content (AvgIpc) is 3.03. The van der Waals surface area contributed by atoms with Gasteiger partial charge in [-0.05, 0) is 24.3 Å². The summed E-state index contributed by atoms with van der Waals surface area (Å²) in [7, 11) is 0.866. The van der Waals surface area contributed by atoms with E-state index in [1.54, 1.807) is 56.2 Å². The Labute approximate surface area is 161 Å². The SMILES string of the molecule is COCCn1/c(=N/S(=O)(=O)c2ccccc2)sc2c(OC)ccc(OC)c21. The van der Waals surface area contributed by atoms with Crippen LogP contribution in [-0.2, 0) is 21.3 Å². The molecule has 0 atom stereocenters. The minimum atomic E-state index is -3.86. The Morgan fingerprint density at radius 1 is 1.00 bits per heavy atom. The molecule has 3 rings (SSSR count). The summed E-state index contributed by atoms with van der Waals surface area (Å²) >= 11 is 1.23. The van der Waals surface area contributed by atoms with Crippen LogP contribution in [0.15, 0.2) is 51.8 Å². The van der Waals surface area contributed by atoms with Gasteiger partial charge in [0.05, 0.1) is 25.7 Å². The van der Waals surface area contributed by atoms with Crippen LogP contribution >= 0.6 is 11.3 Å². The number of rotatable bonds is 7. The monoisotopic (exact) mass is 408 g/mol. The fourth-order valence-corrected chi connectivity index (χ4v) is 5.05. The second kappa shape index (κ2) is 8.12. The largest absolute Gasteiger partial charge is 0.495 e. The zero-order chi connectivity index (χ0) is 19.4. The number of ether oxygens (including phenoxy) is 3. The molecule has 0 spiro atoms. The fourth-order valence-electron chi connectivity index (χ4n) is 2.66. The summed E-state index contributed by atoms with van der Waals surface area (Å²) in [6.07, 6.45) is 0. The lowest BCUT2D eigenvalue weighted by molar-refractivity contribution is 0.187. The molecule has 0 saturated carbocycles. The van der Waals surface area contributed by atoms with Crippen molar-refractivity contribution in [1.82, 2.24) is 4.57 Å². The minimum absolute atomic E-state index is 0.139. The summed E-state index contributed by atoms with van der Waals surface area (Å²) in [4.78, 5) is 0.466. The third-order valence-corrected chi connectivity index (χ3v) is 6.44. The van der Waals surface area contributed by atoms with Gasteiger partial charge < -0.3 is 18.8 Å². The molecule has 0 fully saturated rings. The molecule has 0 unspecified atom stereocenters. The Morgan fingerprint density at radius 3 is 2.30 bits per heavy atom. The van der Waals surface area contributed by atoms with E-state index in [-0.39, 0.29) is 4.90 Å². The number of fused-ring (bicyclic) bond motifs is 1. The van der Waals surface area contributed by atoms with Crippen LogP contribution in [0.1, 0.15) is 0 Å². The molecule has 0 aliphatic rings. The quantitative estimate of drug-likeness (QED) is 0.601. The van der Waals surface area contributed by atoms with Crippen LogP contribution in [0.3, 0.4) is 0 Å². The number of thiazole rings is 1. The predicted octanol–water partition coefficient (Wildman–Crippen LogP) is 2.66. The molecular weight excluding hydrogens is 388 g/mol. The third kappa shape index (κ3) is 3.85. The van der Waals surface area contributed by atoms with E-state index in [2.05, 4.69) is 4.40 Å². The van der Waals surface area contributed by atoms with Crippen molar-refractivity contribution in [3.63, 3.8) is 0 Å². The second-order valence-corrected chi connectivity index (χ2v) is 8.14. The van der Waals surface area contributed by atoms with E-state index in [4.69, 9.17) is 14.2 Å². The number of benzene rings is 2. The van der Waals surface area contributed by atoms with Gasteiger partial charge in [0, 0.05) is 13.7 Å². The van der Waals surface area contributed by atoms with E-state index in [1.165, 1.54) is 23.5 Å². The number of hydrogen-bond acceptors (Lipinski definition) is 6. The van der Waals surface area contributed by atoms with Crippen LogP contribution in [0.5, 0.6) is 11.5 Å². The van der Waals surface area contributed by atoms with Crippen molar-refractivity contribution in [2.75, 3.05) is 27.9 Å². The van der Waals surface area contributed by atoms with Crippen LogP contribution in [0.25, 0.3) is 10.2 Å². The van der Waals surface area contributed by atoms with E-state index >= 15 is 0 Å². The number of nitrogens with zero attached hydrogens (tertiary/aromatic N) is 2. The van der Waals surface area contributed by atoms with Gasteiger partial charge in [0.1, 0.15) is 21.7 Å². The van der Waals surface area contributed by atoms with Crippen LogP contribution in [0.2, 0.25) is 0 Å². The predicted molar refractivity (Wildman–Crippen MR) is 104 cm³/mol. The molecule has 3 aromatic rings. The lowest BCUT2D eigenvalue weighted by Crippen LogP contribution is -2.19. The molecule has 27 heavy (non-hydrogen) atoms. The van der Waals surface area contributed by atoms with Crippen molar-refractivity contribution in [1.29, 1.82) is 0 Å². The maximum Gasteiger partial charge on any atom is 0.285 e. The third-order valence-electron chi connectivity index (χ3n) is 3.95. The van der Waals surface area contributed by atoms with Crippen LogP contribution < -0.4 is 14.3 Å². The standard InChI is InChI=1S/C18H20N2O5S2/c1-23-12-11-20-16-14(24-2)9-10-15(25-3)17(16)26-18(20)19-27(21,22)13-7-5-4-6-8-13/h4-10H,11-12H2,1-3H3/b19-18-. The van der Waals surface area contributed by atoms with Gasteiger partial charge in [-0.2, -0.15) is 8.42 Å². The molecule has 1 aromatic heterocycles. The number of hydrogen-bond donors (Lipinski definition) is 0. The first-order chi connectivity index (χ1) is 13.0. The Hall–Kier alpha value is -2.36. The first-order valence-corrected chi connectivity index (χ1v) is 10.4. The Kier molecular flexibility index (Phi) is 5.83. The maximum absolute atomic E-state index is 12.7. The van der Waals surface area contributed by atoms with E-state index < -0.39 is 10.0 Å². The zero-order valence-corrected chi connectivity index (χ0v) is 16.8. The van der Waals surface area contributed by atoms with E-state index in [0.717, 1.165) is 10.2 Å². The molecule has 0 aliphatic heterocycles. The number of methoxy groups -OCH3 is 3. The molecule has 0 aliphatic carbocycles. The normalized spacial score (nSPS) is 12.5. The van der Waals surface area contributed by atoms with E-state index in [1.807, 2.05) is 0 Å². The van der Waals surface area contributed by atoms with Crippen LogP contribution in [-0.4, -0.2) is 40.9 Å². The lowest BCUT2D eigenvalue weighted by Gasteiger charge is -2.09. The van der Waals surface area contributed by atoms with Gasteiger partial charge >= 0.3 is 0 Å². The average molecular weight is 409 g/mol. The molecule has 0 saturated heterocycles. The lowest BCUT2D eigenvalue weighted by atomic mass is 10.3. The fraction of sp³-hybridized carbons (Fsp3) is 0.278. The number of sulfonamides is 1. The minimum Gasteiger partial charge on any atom is -0.495 e. The van der Waals surface area contributed by atoms with Crippen molar-refractivity contribution in [2.24, 2.45) is 4.40 Å². The molecule has 9 heteroatoms. The first kappa shape index (κ1) is 19.4. The summed E-state index contributed by atoms with van der Waals surface area (Å²) in [5, 5.41) is 0. The maximum atomic E-state index is 12.7. The van der Waals surface area contributed by atoms with Crippen molar-refractivity contribution in [3.05, 3.63) is 47.3 Å².